The van der Waals surface area contributed by atoms with E-state index < -0.39 is 0 Å². The molecule has 0 unspecified atom stereocenters. The first-order valence-corrected chi connectivity index (χ1v) is 6.29. The predicted molar refractivity (Wildman–Crippen MR) is 75.4 cm³/mol. The summed E-state index contributed by atoms with van der Waals surface area (Å²) in [7, 11) is 0. The van der Waals surface area contributed by atoms with Crippen molar-refractivity contribution in [3.63, 3.8) is 0 Å². The Morgan fingerprint density at radius 3 is 2.56 bits per heavy atom. The monoisotopic (exact) mass is 249 g/mol. The highest BCUT2D eigenvalue weighted by atomic mass is 16.1. The lowest BCUT2D eigenvalue weighted by Crippen LogP contribution is -2.43. The molecule has 4 N–H and O–H groups in total. The summed E-state index contributed by atoms with van der Waals surface area (Å²) in [5.41, 5.74) is 4.80. The first kappa shape index (κ1) is 14.5. The van der Waals surface area contributed by atoms with Gasteiger partial charge in [-0.1, -0.05) is 13.3 Å². The molecule has 0 aliphatic carbocycles. The highest BCUT2D eigenvalue weighted by Gasteiger charge is 2.20. The third kappa shape index (κ3) is 3.74. The van der Waals surface area contributed by atoms with Gasteiger partial charge < -0.3 is 10.7 Å². The van der Waals surface area contributed by atoms with Gasteiger partial charge in [0.1, 0.15) is 0 Å². The molecule has 4 nitrogen and oxygen atoms in total. The lowest BCUT2D eigenvalue weighted by atomic mass is 9.97. The van der Waals surface area contributed by atoms with Crippen LogP contribution in [0.2, 0.25) is 0 Å². The fourth-order valence-electron chi connectivity index (χ4n) is 2.07. The van der Waals surface area contributed by atoms with Gasteiger partial charge in [0, 0.05) is 16.8 Å². The number of carbonyl (C=O) groups is 1. The van der Waals surface area contributed by atoms with Crippen molar-refractivity contribution in [1.82, 2.24) is 5.32 Å². The maximum absolute atomic E-state index is 12.2. The van der Waals surface area contributed by atoms with Crippen molar-refractivity contribution in [2.75, 3.05) is 5.43 Å². The number of hydrogen-bond acceptors (Lipinski definition) is 3. The van der Waals surface area contributed by atoms with E-state index in [0.29, 0.717) is 5.56 Å². The molecular formula is C14H23N3O. The van der Waals surface area contributed by atoms with Crippen molar-refractivity contribution in [2.24, 2.45) is 5.84 Å². The third-order valence-corrected chi connectivity index (χ3v) is 2.96. The van der Waals surface area contributed by atoms with Gasteiger partial charge in [0.25, 0.3) is 5.91 Å². The van der Waals surface area contributed by atoms with Gasteiger partial charge in [0.15, 0.2) is 0 Å². The van der Waals surface area contributed by atoms with Crippen LogP contribution in [0.5, 0.6) is 0 Å². The summed E-state index contributed by atoms with van der Waals surface area (Å²) in [4.78, 5) is 12.2. The third-order valence-electron chi connectivity index (χ3n) is 2.96. The van der Waals surface area contributed by atoms with Crippen LogP contribution >= 0.6 is 0 Å². The van der Waals surface area contributed by atoms with Gasteiger partial charge in [-0.05, 0) is 51.0 Å². The van der Waals surface area contributed by atoms with Crippen LogP contribution in [-0.2, 0) is 0 Å². The SMILES string of the molecule is CCCC(C)(C)NC(=O)c1ccc(NN)cc1C. The molecule has 0 aliphatic heterocycles. The molecule has 0 heterocycles. The first-order chi connectivity index (χ1) is 8.39. The molecule has 0 radical (unpaired) electrons. The Kier molecular flexibility index (Phi) is 4.73. The number of aryl methyl sites for hydroxylation is 1. The Morgan fingerprint density at radius 1 is 1.39 bits per heavy atom. The number of nitrogens with one attached hydrogen (secondary N) is 2. The molecule has 0 aromatic heterocycles. The molecule has 1 aromatic carbocycles. The summed E-state index contributed by atoms with van der Waals surface area (Å²) in [6.07, 6.45) is 2.00. The van der Waals surface area contributed by atoms with Crippen LogP contribution in [0.4, 0.5) is 5.69 Å². The number of carbonyl (C=O) groups excluding carboxylic acids is 1. The van der Waals surface area contributed by atoms with Crippen LogP contribution in [0.1, 0.15) is 49.5 Å². The molecule has 1 rings (SSSR count). The van der Waals surface area contributed by atoms with E-state index in [9.17, 15) is 4.79 Å². The van der Waals surface area contributed by atoms with Gasteiger partial charge in [0.2, 0.25) is 0 Å². The number of amides is 1. The van der Waals surface area contributed by atoms with Gasteiger partial charge >= 0.3 is 0 Å². The van der Waals surface area contributed by atoms with E-state index in [0.717, 1.165) is 24.1 Å². The maximum Gasteiger partial charge on any atom is 0.251 e. The van der Waals surface area contributed by atoms with Crippen molar-refractivity contribution in [1.29, 1.82) is 0 Å². The number of nitrogens with two attached hydrogens (primary N) is 1. The van der Waals surface area contributed by atoms with Crippen molar-refractivity contribution in [3.8, 4) is 0 Å². The number of hydrogen-bond donors (Lipinski definition) is 3. The summed E-state index contributed by atoms with van der Waals surface area (Å²) >= 11 is 0. The molecule has 0 spiro atoms. The number of rotatable bonds is 5. The lowest BCUT2D eigenvalue weighted by molar-refractivity contribution is 0.0908. The highest BCUT2D eigenvalue weighted by molar-refractivity contribution is 5.96. The van der Waals surface area contributed by atoms with Crippen LogP contribution in [0.3, 0.4) is 0 Å². The number of anilines is 1. The van der Waals surface area contributed by atoms with E-state index in [4.69, 9.17) is 5.84 Å². The standard InChI is InChI=1S/C14H23N3O/c1-5-8-14(3,4)16-13(18)12-7-6-11(17-15)9-10(12)2/h6-7,9,17H,5,8,15H2,1-4H3,(H,16,18). The molecular weight excluding hydrogens is 226 g/mol. The van der Waals surface area contributed by atoms with Crippen LogP contribution < -0.4 is 16.6 Å². The Bertz CT molecular complexity index is 427. The number of nitrogen functional groups attached to an aromatic ring is 1. The van der Waals surface area contributed by atoms with E-state index in [1.165, 1.54) is 0 Å². The van der Waals surface area contributed by atoms with E-state index in [-0.39, 0.29) is 11.4 Å². The molecule has 0 bridgehead atoms. The fourth-order valence-corrected chi connectivity index (χ4v) is 2.07. The molecule has 1 amide bonds. The second kappa shape index (κ2) is 5.87. The molecule has 0 saturated carbocycles. The summed E-state index contributed by atoms with van der Waals surface area (Å²) in [6.45, 7) is 8.10. The van der Waals surface area contributed by atoms with Crippen molar-refractivity contribution in [2.45, 2.75) is 46.1 Å². The minimum atomic E-state index is -0.178. The minimum Gasteiger partial charge on any atom is -0.347 e. The van der Waals surface area contributed by atoms with Gasteiger partial charge in [-0.15, -0.1) is 0 Å². The zero-order valence-corrected chi connectivity index (χ0v) is 11.6. The van der Waals surface area contributed by atoms with Crippen molar-refractivity contribution >= 4 is 11.6 Å². The van der Waals surface area contributed by atoms with E-state index in [1.54, 1.807) is 12.1 Å². The van der Waals surface area contributed by atoms with Crippen LogP contribution in [0.25, 0.3) is 0 Å². The first-order valence-electron chi connectivity index (χ1n) is 6.29. The molecule has 100 valence electrons. The largest absolute Gasteiger partial charge is 0.347 e. The summed E-state index contributed by atoms with van der Waals surface area (Å²) < 4.78 is 0. The fraction of sp³-hybridized carbons (Fsp3) is 0.500. The quantitative estimate of drug-likeness (QED) is 0.555. The average molecular weight is 249 g/mol. The van der Waals surface area contributed by atoms with E-state index in [1.807, 2.05) is 26.8 Å². The Hall–Kier alpha value is -1.55. The Balaban J connectivity index is 2.85. The molecule has 0 fully saturated rings. The van der Waals surface area contributed by atoms with Crippen LogP contribution in [0, 0.1) is 6.92 Å². The van der Waals surface area contributed by atoms with Crippen LogP contribution in [0.15, 0.2) is 18.2 Å². The average Bonchev–Trinajstić information content (AvgIpc) is 2.27. The zero-order chi connectivity index (χ0) is 13.8. The Labute approximate surface area is 109 Å². The van der Waals surface area contributed by atoms with Gasteiger partial charge in [-0.25, -0.2) is 0 Å². The normalized spacial score (nSPS) is 11.2. The van der Waals surface area contributed by atoms with Gasteiger partial charge in [-0.3, -0.25) is 10.6 Å². The molecule has 4 heteroatoms. The lowest BCUT2D eigenvalue weighted by Gasteiger charge is -2.26. The van der Waals surface area contributed by atoms with E-state index >= 15 is 0 Å². The summed E-state index contributed by atoms with van der Waals surface area (Å²) in [5, 5.41) is 3.06. The number of benzene rings is 1. The second-order valence-electron chi connectivity index (χ2n) is 5.26. The van der Waals surface area contributed by atoms with Crippen molar-refractivity contribution in [3.05, 3.63) is 29.3 Å². The second-order valence-corrected chi connectivity index (χ2v) is 5.26. The highest BCUT2D eigenvalue weighted by Crippen LogP contribution is 2.17. The van der Waals surface area contributed by atoms with E-state index in [2.05, 4.69) is 17.7 Å². The maximum atomic E-state index is 12.2. The molecule has 18 heavy (non-hydrogen) atoms. The van der Waals surface area contributed by atoms with Crippen LogP contribution in [-0.4, -0.2) is 11.4 Å². The van der Waals surface area contributed by atoms with Gasteiger partial charge in [-0.2, -0.15) is 0 Å². The van der Waals surface area contributed by atoms with Crippen molar-refractivity contribution < 1.29 is 4.79 Å². The predicted octanol–water partition coefficient (Wildman–Crippen LogP) is 2.59. The minimum absolute atomic E-state index is 0.0329. The molecule has 0 saturated heterocycles. The molecule has 0 atom stereocenters. The summed E-state index contributed by atoms with van der Waals surface area (Å²) in [6, 6.07) is 5.46. The topological polar surface area (TPSA) is 67.2 Å². The summed E-state index contributed by atoms with van der Waals surface area (Å²) in [5.74, 6) is 5.30. The number of hydrazine groups is 1. The molecule has 1 aromatic rings. The smallest absolute Gasteiger partial charge is 0.251 e. The molecule has 0 aliphatic rings. The Morgan fingerprint density at radius 2 is 2.06 bits per heavy atom. The zero-order valence-electron chi connectivity index (χ0n) is 11.6. The van der Waals surface area contributed by atoms with Gasteiger partial charge in [0.05, 0.1) is 0 Å².